The highest BCUT2D eigenvalue weighted by molar-refractivity contribution is 7.13. The summed E-state index contributed by atoms with van der Waals surface area (Å²) in [5.74, 6) is 0.260. The zero-order valence-corrected chi connectivity index (χ0v) is 13.5. The third kappa shape index (κ3) is 2.39. The number of benzene rings is 1. The summed E-state index contributed by atoms with van der Waals surface area (Å²) in [5.41, 5.74) is 5.47. The van der Waals surface area contributed by atoms with Crippen LogP contribution in [0.1, 0.15) is 23.7 Å². The summed E-state index contributed by atoms with van der Waals surface area (Å²) in [5, 5.41) is 12.0. The molecule has 1 aromatic carbocycles. The van der Waals surface area contributed by atoms with Crippen molar-refractivity contribution in [1.82, 2.24) is 4.98 Å². The molecule has 0 saturated carbocycles. The van der Waals surface area contributed by atoms with E-state index in [0.29, 0.717) is 11.6 Å². The number of fused-ring (bicyclic) bond motifs is 1. The van der Waals surface area contributed by atoms with Gasteiger partial charge in [0.15, 0.2) is 0 Å². The molecule has 0 aliphatic carbocycles. The number of hydrogen-bond donors (Lipinski definition) is 1. The molecule has 23 heavy (non-hydrogen) atoms. The maximum atomic E-state index is 10.1. The number of nitrogens with zero attached hydrogens (tertiary/aromatic N) is 2. The predicted octanol–water partition coefficient (Wildman–Crippen LogP) is 5.06. The molecule has 0 fully saturated rings. The van der Waals surface area contributed by atoms with Crippen molar-refractivity contribution in [3.63, 3.8) is 0 Å². The molecular formula is C18H14N2O2S. The highest BCUT2D eigenvalue weighted by Crippen LogP contribution is 2.38. The normalized spacial score (nSPS) is 15.0. The Morgan fingerprint density at radius 3 is 2.87 bits per heavy atom. The topological polar surface area (TPSA) is 58.6 Å². The fraction of sp³-hybridized carbons (Fsp3) is 0.111. The number of rotatable bonds is 2. The van der Waals surface area contributed by atoms with E-state index in [9.17, 15) is 5.11 Å². The molecule has 4 nitrogen and oxygen atoms in total. The predicted molar refractivity (Wildman–Crippen MR) is 93.3 cm³/mol. The Morgan fingerprint density at radius 2 is 2.09 bits per heavy atom. The first-order valence-electron chi connectivity index (χ1n) is 7.24. The van der Waals surface area contributed by atoms with Crippen LogP contribution in [0.3, 0.4) is 0 Å². The first-order valence-corrected chi connectivity index (χ1v) is 8.12. The third-order valence-corrected chi connectivity index (χ3v) is 4.63. The largest absolute Gasteiger partial charge is 0.479 e. The fourth-order valence-electron chi connectivity index (χ4n) is 2.64. The number of aromatic nitrogens is 1. The molecule has 0 saturated heterocycles. The van der Waals surface area contributed by atoms with Crippen LogP contribution in [0.25, 0.3) is 22.4 Å². The number of aryl methyl sites for hydroxylation is 1. The highest BCUT2D eigenvalue weighted by Gasteiger charge is 2.20. The summed E-state index contributed by atoms with van der Waals surface area (Å²) < 4.78 is 5.39. The molecule has 0 spiro atoms. The molecular weight excluding hydrogens is 308 g/mol. The lowest BCUT2D eigenvalue weighted by Crippen LogP contribution is -1.90. The quantitative estimate of drug-likeness (QED) is 0.717. The lowest BCUT2D eigenvalue weighted by molar-refractivity contribution is 0.337. The molecule has 1 aliphatic heterocycles. The first-order chi connectivity index (χ1) is 11.1. The van der Waals surface area contributed by atoms with Crippen molar-refractivity contribution in [3.8, 4) is 16.7 Å². The standard InChI is InChI=1S/C18H14N2O2S/c1-10-5-6-14-13(8-10)12(11(2)19-14)9-15-18(21)22-17(20-15)16-4-3-7-23-16/h3-9,21H,1-2H3/b12-9+. The lowest BCUT2D eigenvalue weighted by Gasteiger charge is -2.02. The Kier molecular flexibility index (Phi) is 3.16. The summed E-state index contributed by atoms with van der Waals surface area (Å²) in [7, 11) is 0. The molecule has 4 rings (SSSR count). The van der Waals surface area contributed by atoms with E-state index in [1.54, 1.807) is 0 Å². The summed E-state index contributed by atoms with van der Waals surface area (Å²) in [6.45, 7) is 4.01. The van der Waals surface area contributed by atoms with E-state index in [1.165, 1.54) is 16.9 Å². The fourth-order valence-corrected chi connectivity index (χ4v) is 3.29. The number of aliphatic imine (C=N–C) groups is 1. The Labute approximate surface area is 137 Å². The number of hydrogen-bond acceptors (Lipinski definition) is 5. The Balaban J connectivity index is 1.80. The minimum absolute atomic E-state index is 0.171. The SMILES string of the molecule is CC1=Nc2ccc(C)cc2/C1=C/c1nc(-c2cccs2)oc1O. The molecule has 2 aromatic heterocycles. The summed E-state index contributed by atoms with van der Waals surface area (Å²) in [6.07, 6.45) is 1.83. The van der Waals surface area contributed by atoms with Gasteiger partial charge in [-0.15, -0.1) is 11.3 Å². The van der Waals surface area contributed by atoms with Gasteiger partial charge in [0.1, 0.15) is 5.69 Å². The molecule has 0 unspecified atom stereocenters. The van der Waals surface area contributed by atoms with E-state index >= 15 is 0 Å². The summed E-state index contributed by atoms with van der Waals surface area (Å²) in [6, 6.07) is 9.98. The van der Waals surface area contributed by atoms with Gasteiger partial charge in [-0.25, -0.2) is 4.98 Å². The molecule has 0 bridgehead atoms. The Morgan fingerprint density at radius 1 is 1.22 bits per heavy atom. The van der Waals surface area contributed by atoms with E-state index in [-0.39, 0.29) is 5.95 Å². The minimum atomic E-state index is -0.171. The van der Waals surface area contributed by atoms with Crippen molar-refractivity contribution < 1.29 is 9.52 Å². The van der Waals surface area contributed by atoms with Crippen LogP contribution in [0.15, 0.2) is 45.1 Å². The van der Waals surface area contributed by atoms with E-state index < -0.39 is 0 Å². The second kappa shape index (κ2) is 5.21. The first kappa shape index (κ1) is 14.0. The van der Waals surface area contributed by atoms with Gasteiger partial charge in [-0.05, 0) is 43.5 Å². The van der Waals surface area contributed by atoms with E-state index in [1.807, 2.05) is 49.6 Å². The van der Waals surface area contributed by atoms with Crippen LogP contribution in [-0.2, 0) is 0 Å². The van der Waals surface area contributed by atoms with Crippen LogP contribution in [-0.4, -0.2) is 15.8 Å². The number of thiophene rings is 1. The molecule has 1 N–H and O–H groups in total. The van der Waals surface area contributed by atoms with Gasteiger partial charge >= 0.3 is 5.95 Å². The van der Waals surface area contributed by atoms with Gasteiger partial charge < -0.3 is 9.52 Å². The zero-order valence-electron chi connectivity index (χ0n) is 12.7. The average molecular weight is 322 g/mol. The summed E-state index contributed by atoms with van der Waals surface area (Å²) >= 11 is 1.52. The average Bonchev–Trinajstić information content (AvgIpc) is 3.21. The molecule has 1 aliphatic rings. The van der Waals surface area contributed by atoms with Crippen LogP contribution in [0, 0.1) is 6.92 Å². The minimum Gasteiger partial charge on any atom is -0.479 e. The van der Waals surface area contributed by atoms with Crippen molar-refractivity contribution in [2.45, 2.75) is 13.8 Å². The van der Waals surface area contributed by atoms with Gasteiger partial charge in [-0.1, -0.05) is 17.7 Å². The second-order valence-electron chi connectivity index (χ2n) is 5.46. The number of aromatic hydroxyl groups is 1. The molecule has 3 aromatic rings. The van der Waals surface area contributed by atoms with Gasteiger partial charge in [0, 0.05) is 16.8 Å². The van der Waals surface area contributed by atoms with Gasteiger partial charge in [-0.2, -0.15) is 0 Å². The monoisotopic (exact) mass is 322 g/mol. The van der Waals surface area contributed by atoms with Crippen LogP contribution in [0.2, 0.25) is 0 Å². The second-order valence-corrected chi connectivity index (χ2v) is 6.41. The van der Waals surface area contributed by atoms with Crippen LogP contribution in [0.4, 0.5) is 5.69 Å². The highest BCUT2D eigenvalue weighted by atomic mass is 32.1. The maximum absolute atomic E-state index is 10.1. The third-order valence-electron chi connectivity index (χ3n) is 3.77. The Bertz CT molecular complexity index is 950. The van der Waals surface area contributed by atoms with Crippen molar-refractivity contribution in [3.05, 3.63) is 52.5 Å². The van der Waals surface area contributed by atoms with Crippen molar-refractivity contribution in [1.29, 1.82) is 0 Å². The van der Waals surface area contributed by atoms with Crippen molar-refractivity contribution in [2.24, 2.45) is 4.99 Å². The van der Waals surface area contributed by atoms with Crippen molar-refractivity contribution in [2.75, 3.05) is 0 Å². The van der Waals surface area contributed by atoms with Crippen LogP contribution < -0.4 is 0 Å². The van der Waals surface area contributed by atoms with Crippen molar-refractivity contribution >= 4 is 34.4 Å². The van der Waals surface area contributed by atoms with Gasteiger partial charge in [0.05, 0.1) is 10.6 Å². The molecule has 5 heteroatoms. The van der Waals surface area contributed by atoms with Gasteiger partial charge in [0.2, 0.25) is 5.89 Å². The molecule has 0 atom stereocenters. The molecule has 114 valence electrons. The lowest BCUT2D eigenvalue weighted by atomic mass is 10.0. The number of allylic oxidation sites excluding steroid dienone is 1. The van der Waals surface area contributed by atoms with Crippen LogP contribution >= 0.6 is 11.3 Å². The molecule has 3 heterocycles. The zero-order chi connectivity index (χ0) is 16.0. The Hall–Kier alpha value is -2.66. The maximum Gasteiger partial charge on any atom is 0.310 e. The molecule has 0 amide bonds. The summed E-state index contributed by atoms with van der Waals surface area (Å²) in [4.78, 5) is 9.86. The number of oxazole rings is 1. The van der Waals surface area contributed by atoms with Crippen LogP contribution in [0.5, 0.6) is 5.95 Å². The van der Waals surface area contributed by atoms with Gasteiger partial charge in [0.25, 0.3) is 0 Å². The smallest absolute Gasteiger partial charge is 0.310 e. The van der Waals surface area contributed by atoms with Gasteiger partial charge in [-0.3, -0.25) is 4.99 Å². The van der Waals surface area contributed by atoms with E-state index in [0.717, 1.165) is 27.4 Å². The van der Waals surface area contributed by atoms with E-state index in [2.05, 4.69) is 16.0 Å². The molecule has 0 radical (unpaired) electrons. The van der Waals surface area contributed by atoms with E-state index in [4.69, 9.17) is 4.42 Å².